The topological polar surface area (TPSA) is 67.9 Å². The van der Waals surface area contributed by atoms with Gasteiger partial charge in [-0.3, -0.25) is 9.59 Å². The Morgan fingerprint density at radius 2 is 1.90 bits per heavy atom. The first-order chi connectivity index (χ1) is 14.4. The van der Waals surface area contributed by atoms with Crippen LogP contribution < -0.4 is 19.7 Å². The number of amides is 2. The van der Waals surface area contributed by atoms with Gasteiger partial charge in [-0.25, -0.2) is 0 Å². The highest BCUT2D eigenvalue weighted by Crippen LogP contribution is 2.33. The van der Waals surface area contributed by atoms with Gasteiger partial charge in [-0.1, -0.05) is 18.2 Å². The number of carbonyl (C=O) groups excluding carboxylic acids is 2. The highest BCUT2D eigenvalue weighted by molar-refractivity contribution is 6.05. The van der Waals surface area contributed by atoms with E-state index >= 15 is 0 Å². The maximum Gasteiger partial charge on any atom is 0.387 e. The highest BCUT2D eigenvalue weighted by atomic mass is 19.3. The van der Waals surface area contributed by atoms with E-state index in [2.05, 4.69) is 10.1 Å². The van der Waals surface area contributed by atoms with E-state index in [0.717, 1.165) is 12.8 Å². The van der Waals surface area contributed by atoms with Crippen molar-refractivity contribution >= 4 is 17.5 Å². The maximum atomic E-state index is 12.7. The normalized spacial score (nSPS) is 13.1. The predicted molar refractivity (Wildman–Crippen MR) is 108 cm³/mol. The van der Waals surface area contributed by atoms with Crippen LogP contribution >= 0.6 is 0 Å². The summed E-state index contributed by atoms with van der Waals surface area (Å²) in [7, 11) is 3.05. The third-order valence-corrected chi connectivity index (χ3v) is 4.91. The Labute approximate surface area is 173 Å². The summed E-state index contributed by atoms with van der Waals surface area (Å²) in [6.07, 6.45) is 2.18. The summed E-state index contributed by atoms with van der Waals surface area (Å²) in [5, 5.41) is 2.82. The molecule has 0 aliphatic heterocycles. The number of anilines is 1. The fourth-order valence-corrected chi connectivity index (χ4v) is 3.16. The van der Waals surface area contributed by atoms with Gasteiger partial charge in [0, 0.05) is 19.5 Å². The molecular formula is C22H24F2N2O4. The lowest BCUT2D eigenvalue weighted by molar-refractivity contribution is -0.119. The molecule has 0 unspecified atom stereocenters. The zero-order chi connectivity index (χ0) is 21.7. The third kappa shape index (κ3) is 5.25. The van der Waals surface area contributed by atoms with Crippen LogP contribution in [0.2, 0.25) is 0 Å². The van der Waals surface area contributed by atoms with Gasteiger partial charge in [0.1, 0.15) is 0 Å². The molecule has 0 bridgehead atoms. The molecule has 1 saturated carbocycles. The lowest BCUT2D eigenvalue weighted by Gasteiger charge is -2.20. The molecule has 2 aromatic rings. The fourth-order valence-electron chi connectivity index (χ4n) is 3.16. The zero-order valence-electron chi connectivity index (χ0n) is 16.9. The summed E-state index contributed by atoms with van der Waals surface area (Å²) < 4.78 is 34.6. The number of hydrogen-bond donors (Lipinski definition) is 1. The van der Waals surface area contributed by atoms with Crippen LogP contribution in [-0.4, -0.2) is 39.1 Å². The first-order valence-corrected chi connectivity index (χ1v) is 9.67. The predicted octanol–water partition coefficient (Wildman–Crippen LogP) is 3.64. The van der Waals surface area contributed by atoms with Gasteiger partial charge < -0.3 is 19.7 Å². The molecule has 0 atom stereocenters. The summed E-state index contributed by atoms with van der Waals surface area (Å²) >= 11 is 0. The number of hydrogen-bond acceptors (Lipinski definition) is 4. The van der Waals surface area contributed by atoms with Gasteiger partial charge in [0.05, 0.1) is 18.4 Å². The Morgan fingerprint density at radius 1 is 1.17 bits per heavy atom. The number of carbonyl (C=O) groups is 2. The molecule has 2 aromatic carbocycles. The average molecular weight is 418 g/mol. The fraction of sp³-hybridized carbons (Fsp3) is 0.364. The third-order valence-electron chi connectivity index (χ3n) is 4.91. The van der Waals surface area contributed by atoms with Gasteiger partial charge in [0.2, 0.25) is 5.91 Å². The quantitative estimate of drug-likeness (QED) is 0.675. The van der Waals surface area contributed by atoms with Gasteiger partial charge in [-0.05, 0) is 49.1 Å². The Morgan fingerprint density at radius 3 is 2.57 bits per heavy atom. The van der Waals surface area contributed by atoms with Gasteiger partial charge in [0.15, 0.2) is 11.5 Å². The summed E-state index contributed by atoms with van der Waals surface area (Å²) in [6.45, 7) is -2.67. The Kier molecular flexibility index (Phi) is 6.87. The highest BCUT2D eigenvalue weighted by Gasteiger charge is 2.33. The Bertz CT molecular complexity index is 916. The molecule has 1 fully saturated rings. The lowest BCUT2D eigenvalue weighted by Crippen LogP contribution is -2.32. The first-order valence-electron chi connectivity index (χ1n) is 9.67. The van der Waals surface area contributed by atoms with Gasteiger partial charge in [0.25, 0.3) is 5.91 Å². The van der Waals surface area contributed by atoms with Crippen LogP contribution in [-0.2, 0) is 11.2 Å². The molecule has 0 heterocycles. The molecule has 6 nitrogen and oxygen atoms in total. The molecule has 2 amide bonds. The van der Waals surface area contributed by atoms with E-state index in [4.69, 9.17) is 4.74 Å². The van der Waals surface area contributed by atoms with Crippen molar-refractivity contribution in [3.05, 3.63) is 53.6 Å². The SMILES string of the molecule is COc1ccc(CCNC(=O)c2ccccc2N(C)C(=O)C2CC2)cc1OC(F)F. The molecular weight excluding hydrogens is 394 g/mol. The van der Waals surface area contributed by atoms with Crippen molar-refractivity contribution in [2.75, 3.05) is 25.6 Å². The summed E-state index contributed by atoms with van der Waals surface area (Å²) in [6, 6.07) is 11.7. The largest absolute Gasteiger partial charge is 0.493 e. The first kappa shape index (κ1) is 21.5. The minimum atomic E-state index is -2.96. The van der Waals surface area contributed by atoms with E-state index in [0.29, 0.717) is 23.2 Å². The van der Waals surface area contributed by atoms with Crippen LogP contribution in [0, 0.1) is 5.92 Å². The smallest absolute Gasteiger partial charge is 0.387 e. The number of nitrogens with zero attached hydrogens (tertiary/aromatic N) is 1. The van der Waals surface area contributed by atoms with E-state index in [-0.39, 0.29) is 35.8 Å². The second-order valence-electron chi connectivity index (χ2n) is 7.06. The molecule has 30 heavy (non-hydrogen) atoms. The Balaban J connectivity index is 1.63. The van der Waals surface area contributed by atoms with Crippen LogP contribution in [0.1, 0.15) is 28.8 Å². The van der Waals surface area contributed by atoms with E-state index in [1.54, 1.807) is 43.4 Å². The molecule has 1 aliphatic carbocycles. The maximum absolute atomic E-state index is 12.7. The van der Waals surface area contributed by atoms with Crippen LogP contribution in [0.25, 0.3) is 0 Å². The summed E-state index contributed by atoms with van der Waals surface area (Å²) in [4.78, 5) is 26.6. The average Bonchev–Trinajstić information content (AvgIpc) is 3.58. The van der Waals surface area contributed by atoms with Crippen LogP contribution in [0.4, 0.5) is 14.5 Å². The molecule has 0 aromatic heterocycles. The van der Waals surface area contributed by atoms with Gasteiger partial charge in [-0.2, -0.15) is 8.78 Å². The number of benzene rings is 2. The van der Waals surface area contributed by atoms with Crippen LogP contribution in [0.5, 0.6) is 11.5 Å². The van der Waals surface area contributed by atoms with Crippen molar-refractivity contribution in [1.82, 2.24) is 5.32 Å². The number of methoxy groups -OCH3 is 1. The molecule has 8 heteroatoms. The van der Waals surface area contributed by atoms with Crippen molar-refractivity contribution in [3.63, 3.8) is 0 Å². The minimum Gasteiger partial charge on any atom is -0.493 e. The molecule has 3 rings (SSSR count). The number of alkyl halides is 2. The zero-order valence-corrected chi connectivity index (χ0v) is 16.9. The second kappa shape index (κ2) is 9.56. The standard InChI is InChI=1S/C22H24F2N2O4/c1-26(21(28)15-8-9-15)17-6-4-3-5-16(17)20(27)25-12-11-14-7-10-18(29-2)19(13-14)30-22(23)24/h3-7,10,13,15,22H,8-9,11-12H2,1-2H3,(H,25,27). The summed E-state index contributed by atoms with van der Waals surface area (Å²) in [5.41, 5.74) is 1.68. The van der Waals surface area contributed by atoms with Crippen molar-refractivity contribution in [2.45, 2.75) is 25.9 Å². The lowest BCUT2D eigenvalue weighted by atomic mass is 10.1. The molecule has 160 valence electrons. The number of nitrogens with one attached hydrogen (secondary N) is 1. The van der Waals surface area contributed by atoms with Crippen molar-refractivity contribution in [3.8, 4) is 11.5 Å². The molecule has 0 saturated heterocycles. The van der Waals surface area contributed by atoms with Crippen LogP contribution in [0.15, 0.2) is 42.5 Å². The minimum absolute atomic E-state index is 0.0139. The molecule has 0 spiro atoms. The van der Waals surface area contributed by atoms with E-state index < -0.39 is 6.61 Å². The number of rotatable bonds is 9. The van der Waals surface area contributed by atoms with Gasteiger partial charge in [-0.15, -0.1) is 0 Å². The molecule has 0 radical (unpaired) electrons. The number of ether oxygens (including phenoxy) is 2. The van der Waals surface area contributed by atoms with Crippen molar-refractivity contribution < 1.29 is 27.8 Å². The number of para-hydroxylation sites is 1. The van der Waals surface area contributed by atoms with E-state index in [1.807, 2.05) is 0 Å². The summed E-state index contributed by atoms with van der Waals surface area (Å²) in [5.74, 6) is -0.0910. The van der Waals surface area contributed by atoms with Crippen molar-refractivity contribution in [2.24, 2.45) is 5.92 Å². The Hall–Kier alpha value is -3.16. The van der Waals surface area contributed by atoms with Gasteiger partial charge >= 0.3 is 6.61 Å². The van der Waals surface area contributed by atoms with Crippen molar-refractivity contribution in [1.29, 1.82) is 0 Å². The number of halogens is 2. The molecule has 1 N–H and O–H groups in total. The van der Waals surface area contributed by atoms with E-state index in [1.165, 1.54) is 18.1 Å². The second-order valence-corrected chi connectivity index (χ2v) is 7.06. The monoisotopic (exact) mass is 418 g/mol. The molecule has 1 aliphatic rings. The van der Waals surface area contributed by atoms with E-state index in [9.17, 15) is 18.4 Å². The van der Waals surface area contributed by atoms with Crippen LogP contribution in [0.3, 0.4) is 0 Å².